The highest BCUT2D eigenvalue weighted by Gasteiger charge is 2.25. The first-order valence-electron chi connectivity index (χ1n) is 6.69. The number of carbonyl (C=O) groups excluding carboxylic acids is 1. The first kappa shape index (κ1) is 13.2. The van der Waals surface area contributed by atoms with Gasteiger partial charge in [-0.25, -0.2) is 0 Å². The number of aromatic amines is 1. The predicted octanol–water partition coefficient (Wildman–Crippen LogP) is 1.26. The van der Waals surface area contributed by atoms with Crippen LogP contribution in [0.1, 0.15) is 22.3 Å². The maximum absolute atomic E-state index is 12.6. The molecule has 0 unspecified atom stereocenters. The Morgan fingerprint density at radius 2 is 2.14 bits per heavy atom. The van der Waals surface area contributed by atoms with Gasteiger partial charge in [0.2, 0.25) is 0 Å². The number of H-pyrrole nitrogens is 1. The minimum Gasteiger partial charge on any atom is -0.494 e. The monoisotopic (exact) mass is 285 g/mol. The number of anilines is 2. The fourth-order valence-electron chi connectivity index (χ4n) is 2.67. The van der Waals surface area contributed by atoms with Crippen LogP contribution in [0, 0.1) is 0 Å². The lowest BCUT2D eigenvalue weighted by Crippen LogP contribution is -2.36. The number of aromatic nitrogens is 1. The maximum Gasteiger partial charge on any atom is 0.258 e. The number of pyridine rings is 1. The second-order valence-corrected chi connectivity index (χ2v) is 5.02. The maximum atomic E-state index is 12.6. The Hall–Kier alpha value is -2.76. The van der Waals surface area contributed by atoms with Gasteiger partial charge in [-0.2, -0.15) is 0 Å². The SMILES string of the molecule is Nc1cccc2c1CCCN2C(=O)c1cc(O)[nH]c(=O)c1. The van der Waals surface area contributed by atoms with Crippen molar-refractivity contribution < 1.29 is 9.90 Å². The van der Waals surface area contributed by atoms with Crippen molar-refractivity contribution in [2.75, 3.05) is 17.2 Å². The summed E-state index contributed by atoms with van der Waals surface area (Å²) in [7, 11) is 0. The molecule has 0 bridgehead atoms. The van der Waals surface area contributed by atoms with Crippen LogP contribution >= 0.6 is 0 Å². The predicted molar refractivity (Wildman–Crippen MR) is 79.6 cm³/mol. The van der Waals surface area contributed by atoms with Crippen molar-refractivity contribution >= 4 is 17.3 Å². The molecule has 0 spiro atoms. The number of benzene rings is 1. The Morgan fingerprint density at radius 3 is 2.90 bits per heavy atom. The van der Waals surface area contributed by atoms with E-state index in [0.717, 1.165) is 24.1 Å². The molecular formula is C15H15N3O3. The average Bonchev–Trinajstić information content (AvgIpc) is 2.45. The molecule has 1 aromatic carbocycles. The van der Waals surface area contributed by atoms with E-state index in [2.05, 4.69) is 4.98 Å². The lowest BCUT2D eigenvalue weighted by Gasteiger charge is -2.30. The number of nitrogens with two attached hydrogens (primary N) is 1. The van der Waals surface area contributed by atoms with Gasteiger partial charge in [-0.3, -0.25) is 14.6 Å². The molecule has 1 aliphatic rings. The molecule has 0 atom stereocenters. The quantitative estimate of drug-likeness (QED) is 0.687. The van der Waals surface area contributed by atoms with Crippen LogP contribution in [0.3, 0.4) is 0 Å². The van der Waals surface area contributed by atoms with E-state index in [4.69, 9.17) is 5.73 Å². The van der Waals surface area contributed by atoms with E-state index < -0.39 is 5.56 Å². The number of hydrogen-bond acceptors (Lipinski definition) is 4. The van der Waals surface area contributed by atoms with Gasteiger partial charge in [-0.1, -0.05) is 6.07 Å². The molecule has 2 aromatic rings. The molecule has 0 saturated carbocycles. The number of carbonyl (C=O) groups is 1. The molecule has 3 rings (SSSR count). The molecule has 21 heavy (non-hydrogen) atoms. The van der Waals surface area contributed by atoms with Crippen LogP contribution in [0.5, 0.6) is 5.88 Å². The molecule has 6 heteroatoms. The molecular weight excluding hydrogens is 270 g/mol. The van der Waals surface area contributed by atoms with Gasteiger partial charge in [-0.05, 0) is 30.5 Å². The van der Waals surface area contributed by atoms with E-state index in [-0.39, 0.29) is 17.4 Å². The molecule has 108 valence electrons. The number of nitrogen functional groups attached to an aromatic ring is 1. The number of nitrogens with zero attached hydrogens (tertiary/aromatic N) is 1. The number of fused-ring (bicyclic) bond motifs is 1. The fourth-order valence-corrected chi connectivity index (χ4v) is 2.67. The summed E-state index contributed by atoms with van der Waals surface area (Å²) in [5.41, 5.74) is 7.99. The zero-order chi connectivity index (χ0) is 15.0. The summed E-state index contributed by atoms with van der Waals surface area (Å²) in [5, 5.41) is 9.43. The highest BCUT2D eigenvalue weighted by atomic mass is 16.3. The molecule has 0 aliphatic carbocycles. The number of amides is 1. The van der Waals surface area contributed by atoms with Gasteiger partial charge >= 0.3 is 0 Å². The van der Waals surface area contributed by atoms with E-state index in [1.807, 2.05) is 12.1 Å². The lowest BCUT2D eigenvalue weighted by molar-refractivity contribution is 0.0984. The molecule has 0 saturated heterocycles. The van der Waals surface area contributed by atoms with Gasteiger partial charge in [-0.15, -0.1) is 0 Å². The van der Waals surface area contributed by atoms with E-state index >= 15 is 0 Å². The van der Waals surface area contributed by atoms with Crippen molar-refractivity contribution in [3.63, 3.8) is 0 Å². The van der Waals surface area contributed by atoms with E-state index in [1.54, 1.807) is 11.0 Å². The number of hydrogen-bond donors (Lipinski definition) is 3. The number of aromatic hydroxyl groups is 1. The first-order valence-corrected chi connectivity index (χ1v) is 6.69. The van der Waals surface area contributed by atoms with Crippen LogP contribution in [0.25, 0.3) is 0 Å². The van der Waals surface area contributed by atoms with Crippen LogP contribution < -0.4 is 16.2 Å². The Morgan fingerprint density at radius 1 is 1.33 bits per heavy atom. The van der Waals surface area contributed by atoms with Gasteiger partial charge < -0.3 is 15.7 Å². The number of nitrogens with one attached hydrogen (secondary N) is 1. The van der Waals surface area contributed by atoms with Gasteiger partial charge in [0.1, 0.15) is 0 Å². The normalized spacial score (nSPS) is 13.8. The minimum atomic E-state index is -0.511. The molecule has 6 nitrogen and oxygen atoms in total. The topological polar surface area (TPSA) is 99.4 Å². The van der Waals surface area contributed by atoms with Crippen LogP contribution in [-0.4, -0.2) is 22.5 Å². The zero-order valence-corrected chi connectivity index (χ0v) is 11.3. The van der Waals surface area contributed by atoms with Crippen LogP contribution in [0.4, 0.5) is 11.4 Å². The summed E-state index contributed by atoms with van der Waals surface area (Å²) in [6, 6.07) is 7.89. The summed E-state index contributed by atoms with van der Waals surface area (Å²) in [6.07, 6.45) is 1.63. The third-order valence-electron chi connectivity index (χ3n) is 3.61. The second-order valence-electron chi connectivity index (χ2n) is 5.02. The average molecular weight is 285 g/mol. The van der Waals surface area contributed by atoms with Crippen molar-refractivity contribution in [2.45, 2.75) is 12.8 Å². The van der Waals surface area contributed by atoms with Gasteiger partial charge in [0.15, 0.2) is 5.88 Å². The van der Waals surface area contributed by atoms with Gasteiger partial charge in [0, 0.05) is 30.1 Å². The van der Waals surface area contributed by atoms with E-state index in [0.29, 0.717) is 12.2 Å². The summed E-state index contributed by atoms with van der Waals surface area (Å²) < 4.78 is 0. The first-order chi connectivity index (χ1) is 10.1. The van der Waals surface area contributed by atoms with Crippen LogP contribution in [0.15, 0.2) is 35.1 Å². The van der Waals surface area contributed by atoms with Crippen LogP contribution in [-0.2, 0) is 6.42 Å². The summed E-state index contributed by atoms with van der Waals surface area (Å²) in [4.78, 5) is 27.8. The Labute approximate surface area is 120 Å². The second kappa shape index (κ2) is 4.97. The molecule has 1 aliphatic heterocycles. The van der Waals surface area contributed by atoms with Crippen molar-refractivity contribution in [1.82, 2.24) is 4.98 Å². The highest BCUT2D eigenvalue weighted by Crippen LogP contribution is 2.32. The van der Waals surface area contributed by atoms with E-state index in [1.165, 1.54) is 12.1 Å². The summed E-state index contributed by atoms with van der Waals surface area (Å²) in [5.74, 6) is -0.640. The summed E-state index contributed by atoms with van der Waals surface area (Å²) >= 11 is 0. The molecule has 2 heterocycles. The zero-order valence-electron chi connectivity index (χ0n) is 11.3. The third kappa shape index (κ3) is 2.35. The van der Waals surface area contributed by atoms with Gasteiger partial charge in [0.25, 0.3) is 11.5 Å². The number of rotatable bonds is 1. The largest absolute Gasteiger partial charge is 0.494 e. The Bertz CT molecular complexity index is 767. The molecule has 0 fully saturated rings. The highest BCUT2D eigenvalue weighted by molar-refractivity contribution is 6.07. The molecule has 1 aromatic heterocycles. The lowest BCUT2D eigenvalue weighted by atomic mass is 9.99. The third-order valence-corrected chi connectivity index (χ3v) is 3.61. The molecule has 0 radical (unpaired) electrons. The van der Waals surface area contributed by atoms with Crippen molar-refractivity contribution in [1.29, 1.82) is 0 Å². The summed E-state index contributed by atoms with van der Waals surface area (Å²) in [6.45, 7) is 0.558. The smallest absolute Gasteiger partial charge is 0.258 e. The Kier molecular flexibility index (Phi) is 3.13. The van der Waals surface area contributed by atoms with Crippen molar-refractivity contribution in [2.24, 2.45) is 0 Å². The van der Waals surface area contributed by atoms with Crippen LogP contribution in [0.2, 0.25) is 0 Å². The Balaban J connectivity index is 2.04. The molecule has 1 amide bonds. The minimum absolute atomic E-state index is 0.159. The van der Waals surface area contributed by atoms with Crippen molar-refractivity contribution in [3.05, 3.63) is 51.8 Å². The molecule has 4 N–H and O–H groups in total. The fraction of sp³-hybridized carbons (Fsp3) is 0.200. The van der Waals surface area contributed by atoms with E-state index in [9.17, 15) is 14.7 Å². The van der Waals surface area contributed by atoms with Crippen molar-refractivity contribution in [3.8, 4) is 5.88 Å². The van der Waals surface area contributed by atoms with Gasteiger partial charge in [0.05, 0.1) is 5.56 Å². The standard InChI is InChI=1S/C15H15N3O3/c16-11-4-1-5-12-10(11)3-2-6-18(12)15(21)9-7-13(19)17-14(20)8-9/h1,4-5,7-8H,2-3,6,16H2,(H2,17,19,20).